The number of halogens is 1. The molecule has 1 saturated carbocycles. The first-order chi connectivity index (χ1) is 12.5. The van der Waals surface area contributed by atoms with Crippen LogP contribution in [0.3, 0.4) is 0 Å². The third kappa shape index (κ3) is 4.35. The van der Waals surface area contributed by atoms with E-state index in [9.17, 15) is 9.59 Å². The van der Waals surface area contributed by atoms with Crippen LogP contribution in [0, 0.1) is 5.92 Å². The van der Waals surface area contributed by atoms with Crippen molar-refractivity contribution in [3.05, 3.63) is 64.7 Å². The van der Waals surface area contributed by atoms with Crippen LogP contribution >= 0.6 is 11.6 Å². The molecule has 2 aromatic carbocycles. The highest BCUT2D eigenvalue weighted by Crippen LogP contribution is 2.48. The van der Waals surface area contributed by atoms with Gasteiger partial charge in [-0.05, 0) is 47.7 Å². The topological polar surface area (TPSA) is 75.6 Å². The summed E-state index contributed by atoms with van der Waals surface area (Å²) < 4.78 is 5.23. The van der Waals surface area contributed by atoms with E-state index in [2.05, 4.69) is 5.32 Å². The average Bonchev–Trinajstić information content (AvgIpc) is 3.42. The minimum absolute atomic E-state index is 0.126. The van der Waals surface area contributed by atoms with Gasteiger partial charge in [-0.1, -0.05) is 35.9 Å². The molecule has 5 nitrogen and oxygen atoms in total. The van der Waals surface area contributed by atoms with Crippen LogP contribution in [-0.4, -0.2) is 24.1 Å². The number of aliphatic carboxylic acids is 1. The smallest absolute Gasteiger partial charge is 0.305 e. The summed E-state index contributed by atoms with van der Waals surface area (Å²) in [6.45, 7) is 0. The Kier molecular flexibility index (Phi) is 5.47. The Labute approximate surface area is 156 Å². The second-order valence-electron chi connectivity index (χ2n) is 6.44. The van der Waals surface area contributed by atoms with E-state index in [-0.39, 0.29) is 24.2 Å². The van der Waals surface area contributed by atoms with Crippen LogP contribution in [0.15, 0.2) is 48.5 Å². The third-order valence-corrected chi connectivity index (χ3v) is 4.87. The summed E-state index contributed by atoms with van der Waals surface area (Å²) in [6.07, 6.45) is 0.573. The predicted molar refractivity (Wildman–Crippen MR) is 98.4 cm³/mol. The van der Waals surface area contributed by atoms with Crippen molar-refractivity contribution in [2.45, 2.75) is 24.8 Å². The Hall–Kier alpha value is -2.53. The van der Waals surface area contributed by atoms with Crippen molar-refractivity contribution < 1.29 is 19.4 Å². The van der Waals surface area contributed by atoms with Gasteiger partial charge in [0.1, 0.15) is 5.75 Å². The summed E-state index contributed by atoms with van der Waals surface area (Å²) in [7, 11) is 1.61. The Bertz CT molecular complexity index is 806. The third-order valence-electron chi connectivity index (χ3n) is 4.62. The average molecular weight is 374 g/mol. The van der Waals surface area contributed by atoms with Crippen LogP contribution in [0.4, 0.5) is 0 Å². The van der Waals surface area contributed by atoms with E-state index in [4.69, 9.17) is 21.4 Å². The number of ether oxygens (including phenoxy) is 1. The maximum Gasteiger partial charge on any atom is 0.305 e. The highest BCUT2D eigenvalue weighted by molar-refractivity contribution is 6.30. The maximum absolute atomic E-state index is 12.6. The molecule has 0 heterocycles. The van der Waals surface area contributed by atoms with Crippen LogP contribution in [0.5, 0.6) is 5.75 Å². The zero-order valence-corrected chi connectivity index (χ0v) is 15.1. The highest BCUT2D eigenvalue weighted by atomic mass is 35.5. The molecule has 2 unspecified atom stereocenters. The summed E-state index contributed by atoms with van der Waals surface area (Å²) in [5.41, 5.74) is 1.79. The number of carboxylic acid groups (broad SMARTS) is 1. The molecule has 0 spiro atoms. The SMILES string of the molecule is COc1cccc(C2CC2C(=O)N[C@@H](CC(=O)O)c2ccc(Cl)cc2)c1. The van der Waals surface area contributed by atoms with Gasteiger partial charge in [0.05, 0.1) is 19.6 Å². The number of benzene rings is 2. The Morgan fingerprint density at radius 1 is 1.27 bits per heavy atom. The number of carbonyl (C=O) groups excluding carboxylic acids is 1. The monoisotopic (exact) mass is 373 g/mol. The van der Waals surface area contributed by atoms with E-state index in [1.54, 1.807) is 31.4 Å². The quantitative estimate of drug-likeness (QED) is 0.774. The van der Waals surface area contributed by atoms with Gasteiger partial charge in [-0.3, -0.25) is 9.59 Å². The van der Waals surface area contributed by atoms with E-state index in [0.717, 1.165) is 23.3 Å². The lowest BCUT2D eigenvalue weighted by Crippen LogP contribution is -2.31. The molecule has 0 radical (unpaired) electrons. The largest absolute Gasteiger partial charge is 0.497 e. The highest BCUT2D eigenvalue weighted by Gasteiger charge is 2.44. The molecule has 3 atom stereocenters. The molecule has 2 aromatic rings. The lowest BCUT2D eigenvalue weighted by Gasteiger charge is -2.18. The second-order valence-corrected chi connectivity index (χ2v) is 6.87. The molecule has 1 amide bonds. The van der Waals surface area contributed by atoms with Gasteiger partial charge >= 0.3 is 5.97 Å². The van der Waals surface area contributed by atoms with Crippen molar-refractivity contribution in [1.82, 2.24) is 5.32 Å². The number of hydrogen-bond donors (Lipinski definition) is 2. The minimum atomic E-state index is -0.967. The Morgan fingerprint density at radius 2 is 2.00 bits per heavy atom. The maximum atomic E-state index is 12.6. The molecule has 1 aliphatic carbocycles. The molecule has 136 valence electrons. The van der Waals surface area contributed by atoms with Crippen LogP contribution in [-0.2, 0) is 9.59 Å². The fourth-order valence-corrected chi connectivity index (χ4v) is 3.25. The number of carbonyl (C=O) groups is 2. The number of nitrogens with one attached hydrogen (secondary N) is 1. The number of carboxylic acids is 1. The van der Waals surface area contributed by atoms with Crippen molar-refractivity contribution >= 4 is 23.5 Å². The molecule has 0 bridgehead atoms. The fraction of sp³-hybridized carbons (Fsp3) is 0.300. The van der Waals surface area contributed by atoms with Crippen LogP contribution in [0.25, 0.3) is 0 Å². The normalized spacial score (nSPS) is 19.5. The number of amides is 1. The fourth-order valence-electron chi connectivity index (χ4n) is 3.13. The predicted octanol–water partition coefficient (Wildman–Crippen LogP) is 3.78. The summed E-state index contributed by atoms with van der Waals surface area (Å²) >= 11 is 5.89. The summed E-state index contributed by atoms with van der Waals surface area (Å²) in [4.78, 5) is 23.8. The molecule has 0 aliphatic heterocycles. The lowest BCUT2D eigenvalue weighted by molar-refractivity contribution is -0.137. The number of hydrogen-bond acceptors (Lipinski definition) is 3. The van der Waals surface area contributed by atoms with Gasteiger partial charge in [0, 0.05) is 10.9 Å². The van der Waals surface area contributed by atoms with Gasteiger partial charge < -0.3 is 15.2 Å². The zero-order chi connectivity index (χ0) is 18.7. The zero-order valence-electron chi connectivity index (χ0n) is 14.3. The van der Waals surface area contributed by atoms with Gasteiger partial charge in [-0.15, -0.1) is 0 Å². The Balaban J connectivity index is 1.68. The van der Waals surface area contributed by atoms with Crippen molar-refractivity contribution in [3.8, 4) is 5.75 Å². The van der Waals surface area contributed by atoms with Crippen molar-refractivity contribution in [1.29, 1.82) is 0 Å². The molecule has 3 rings (SSSR count). The van der Waals surface area contributed by atoms with E-state index < -0.39 is 12.0 Å². The first kappa shape index (κ1) is 18.3. The van der Waals surface area contributed by atoms with Gasteiger partial charge in [0.2, 0.25) is 5.91 Å². The van der Waals surface area contributed by atoms with Crippen LogP contribution in [0.1, 0.15) is 35.9 Å². The molecule has 0 saturated heterocycles. The van der Waals surface area contributed by atoms with Crippen molar-refractivity contribution in [2.75, 3.05) is 7.11 Å². The van der Waals surface area contributed by atoms with E-state index >= 15 is 0 Å². The summed E-state index contributed by atoms with van der Waals surface area (Å²) in [5.74, 6) is -0.339. The molecule has 2 N–H and O–H groups in total. The number of rotatable bonds is 7. The van der Waals surface area contributed by atoms with Crippen LogP contribution in [0.2, 0.25) is 5.02 Å². The lowest BCUT2D eigenvalue weighted by atomic mass is 10.0. The number of methoxy groups -OCH3 is 1. The molecule has 26 heavy (non-hydrogen) atoms. The molecule has 1 fully saturated rings. The summed E-state index contributed by atoms with van der Waals surface area (Å²) in [6, 6.07) is 14.0. The first-order valence-corrected chi connectivity index (χ1v) is 8.77. The van der Waals surface area contributed by atoms with Crippen molar-refractivity contribution in [2.24, 2.45) is 5.92 Å². The Morgan fingerprint density at radius 3 is 2.65 bits per heavy atom. The summed E-state index contributed by atoms with van der Waals surface area (Å²) in [5, 5.41) is 12.6. The van der Waals surface area contributed by atoms with Crippen molar-refractivity contribution in [3.63, 3.8) is 0 Å². The van der Waals surface area contributed by atoms with E-state index in [1.165, 1.54) is 0 Å². The van der Waals surface area contributed by atoms with Gasteiger partial charge in [-0.2, -0.15) is 0 Å². The van der Waals surface area contributed by atoms with Gasteiger partial charge in [0.15, 0.2) is 0 Å². The molecular formula is C20H20ClNO4. The molecular weight excluding hydrogens is 354 g/mol. The minimum Gasteiger partial charge on any atom is -0.497 e. The first-order valence-electron chi connectivity index (χ1n) is 8.39. The van der Waals surface area contributed by atoms with Crippen LogP contribution < -0.4 is 10.1 Å². The molecule has 1 aliphatic rings. The van der Waals surface area contributed by atoms with E-state index in [1.807, 2.05) is 24.3 Å². The molecule has 6 heteroatoms. The van der Waals surface area contributed by atoms with Gasteiger partial charge in [-0.25, -0.2) is 0 Å². The molecule has 0 aromatic heterocycles. The van der Waals surface area contributed by atoms with E-state index in [0.29, 0.717) is 5.02 Å². The van der Waals surface area contributed by atoms with Gasteiger partial charge in [0.25, 0.3) is 0 Å². The second kappa shape index (κ2) is 7.79. The standard InChI is InChI=1S/C20H20ClNO4/c1-26-15-4-2-3-13(9-15)16-10-17(16)20(25)22-18(11-19(23)24)12-5-7-14(21)8-6-12/h2-9,16-18H,10-11H2,1H3,(H,22,25)(H,23,24)/t16?,17?,18-/m0/s1.